The summed E-state index contributed by atoms with van der Waals surface area (Å²) in [5.74, 6) is -0.514. The maximum atomic E-state index is 13.1. The molecule has 0 spiro atoms. The Hall–Kier alpha value is -3.10. The second kappa shape index (κ2) is 12.0. The number of piperidine rings is 1. The van der Waals surface area contributed by atoms with Crippen molar-refractivity contribution in [2.45, 2.75) is 33.2 Å². The van der Waals surface area contributed by atoms with Gasteiger partial charge in [-0.25, -0.2) is 0 Å². The van der Waals surface area contributed by atoms with E-state index in [2.05, 4.69) is 0 Å². The average Bonchev–Trinajstić information content (AvgIpc) is 3.16. The summed E-state index contributed by atoms with van der Waals surface area (Å²) in [7, 11) is 0. The lowest BCUT2D eigenvalue weighted by Gasteiger charge is -2.34. The number of nitrogens with zero attached hydrogens (tertiary/aromatic N) is 3. The third-order valence-electron chi connectivity index (χ3n) is 6.69. The van der Waals surface area contributed by atoms with Gasteiger partial charge in [0.25, 0.3) is 17.1 Å². The second-order valence-corrected chi connectivity index (χ2v) is 10.6. The maximum absolute atomic E-state index is 13.1. The van der Waals surface area contributed by atoms with Crippen LogP contribution in [-0.4, -0.2) is 63.8 Å². The molecule has 0 aromatic heterocycles. The molecule has 2 aromatic carbocycles. The van der Waals surface area contributed by atoms with Crippen LogP contribution >= 0.6 is 23.4 Å². The van der Waals surface area contributed by atoms with Crippen LogP contribution in [0.2, 0.25) is 5.02 Å². The van der Waals surface area contributed by atoms with Gasteiger partial charge in [-0.05, 0) is 79.9 Å². The van der Waals surface area contributed by atoms with E-state index in [0.29, 0.717) is 41.7 Å². The Morgan fingerprint density at radius 2 is 1.84 bits per heavy atom. The first kappa shape index (κ1) is 26.9. The minimum atomic E-state index is -0.354. The van der Waals surface area contributed by atoms with Crippen LogP contribution in [0.4, 0.5) is 4.79 Å². The zero-order valence-corrected chi connectivity index (χ0v) is 22.6. The quantitative estimate of drug-likeness (QED) is 0.446. The van der Waals surface area contributed by atoms with Gasteiger partial charge in [-0.2, -0.15) is 0 Å². The Kier molecular flexibility index (Phi) is 8.71. The third-order valence-corrected chi connectivity index (χ3v) is 7.83. The standard InChI is InChI=1S/C28H30ClN3O4S/c1-3-30(4-2)26(34)22-8-6-14-31(18-22)25(33)21-12-10-19(11-13-21)16-24-27(35)32(28(36)37-24)17-20-7-5-9-23(29)15-20/h5,7,9-13,15-16,22H,3-4,6,8,14,17-18H2,1-2H3/b24-16-. The van der Waals surface area contributed by atoms with E-state index >= 15 is 0 Å². The monoisotopic (exact) mass is 539 g/mol. The number of imide groups is 1. The molecular formula is C28H30ClN3O4S. The van der Waals surface area contributed by atoms with Crippen LogP contribution in [0.15, 0.2) is 53.4 Å². The SMILES string of the molecule is CCN(CC)C(=O)C1CCCN(C(=O)c2ccc(/C=C3\SC(=O)N(Cc4cccc(Cl)c4)C3=O)cc2)C1. The number of carbonyl (C=O) groups is 4. The van der Waals surface area contributed by atoms with Gasteiger partial charge in [0.15, 0.2) is 0 Å². The molecule has 0 radical (unpaired) electrons. The van der Waals surface area contributed by atoms with Crippen molar-refractivity contribution >= 4 is 52.4 Å². The van der Waals surface area contributed by atoms with E-state index in [1.165, 1.54) is 4.90 Å². The summed E-state index contributed by atoms with van der Waals surface area (Å²) in [6.07, 6.45) is 3.26. The van der Waals surface area contributed by atoms with E-state index in [-0.39, 0.29) is 35.4 Å². The third kappa shape index (κ3) is 6.25. The summed E-state index contributed by atoms with van der Waals surface area (Å²) in [6, 6.07) is 14.0. The van der Waals surface area contributed by atoms with Crippen LogP contribution in [0, 0.1) is 5.92 Å². The number of likely N-dealkylation sites (tertiary alicyclic amines) is 1. The smallest absolute Gasteiger partial charge is 0.293 e. The van der Waals surface area contributed by atoms with E-state index in [9.17, 15) is 19.2 Å². The van der Waals surface area contributed by atoms with Gasteiger partial charge in [0.05, 0.1) is 17.4 Å². The Labute approximate surface area is 226 Å². The molecule has 0 bridgehead atoms. The predicted molar refractivity (Wildman–Crippen MR) is 146 cm³/mol. The van der Waals surface area contributed by atoms with Gasteiger partial charge >= 0.3 is 0 Å². The van der Waals surface area contributed by atoms with Gasteiger partial charge in [0, 0.05) is 36.8 Å². The van der Waals surface area contributed by atoms with Crippen molar-refractivity contribution in [3.63, 3.8) is 0 Å². The molecule has 1 unspecified atom stereocenters. The summed E-state index contributed by atoms with van der Waals surface area (Å²) < 4.78 is 0. The van der Waals surface area contributed by atoms with Gasteiger partial charge in [0.1, 0.15) is 0 Å². The molecule has 7 nitrogen and oxygen atoms in total. The molecule has 2 aliphatic rings. The zero-order valence-electron chi connectivity index (χ0n) is 21.0. The maximum Gasteiger partial charge on any atom is 0.293 e. The highest BCUT2D eigenvalue weighted by molar-refractivity contribution is 8.18. The molecule has 0 N–H and O–H groups in total. The van der Waals surface area contributed by atoms with Crippen LogP contribution in [0.3, 0.4) is 0 Å². The predicted octanol–water partition coefficient (Wildman–Crippen LogP) is 5.30. The first-order valence-corrected chi connectivity index (χ1v) is 13.7. The molecule has 4 amide bonds. The average molecular weight is 540 g/mol. The number of thioether (sulfide) groups is 1. The van der Waals surface area contributed by atoms with Crippen LogP contribution in [0.5, 0.6) is 0 Å². The molecular weight excluding hydrogens is 510 g/mol. The number of carbonyl (C=O) groups excluding carboxylic acids is 4. The van der Waals surface area contributed by atoms with Crippen LogP contribution in [0.25, 0.3) is 6.08 Å². The Morgan fingerprint density at radius 3 is 2.51 bits per heavy atom. The number of rotatable bonds is 7. The van der Waals surface area contributed by atoms with Crippen LogP contribution < -0.4 is 0 Å². The normalized spacial score (nSPS) is 19.0. The highest BCUT2D eigenvalue weighted by atomic mass is 35.5. The minimum Gasteiger partial charge on any atom is -0.343 e. The second-order valence-electron chi connectivity index (χ2n) is 9.12. The molecule has 9 heteroatoms. The summed E-state index contributed by atoms with van der Waals surface area (Å²) in [5.41, 5.74) is 2.03. The van der Waals surface area contributed by atoms with Crippen molar-refractivity contribution in [3.8, 4) is 0 Å². The summed E-state index contributed by atoms with van der Waals surface area (Å²) in [5, 5.41) is 0.215. The highest BCUT2D eigenvalue weighted by Gasteiger charge is 2.35. The van der Waals surface area contributed by atoms with Crippen LogP contribution in [-0.2, 0) is 16.1 Å². The number of hydrogen-bond donors (Lipinski definition) is 0. The van der Waals surface area contributed by atoms with E-state index in [4.69, 9.17) is 11.6 Å². The zero-order chi connectivity index (χ0) is 26.5. The fraction of sp³-hybridized carbons (Fsp3) is 0.357. The molecule has 2 aromatic rings. The molecule has 0 aliphatic carbocycles. The fourth-order valence-corrected chi connectivity index (χ4v) is 5.72. The first-order chi connectivity index (χ1) is 17.8. The van der Waals surface area contributed by atoms with Gasteiger partial charge in [-0.1, -0.05) is 35.9 Å². The number of halogens is 1. The van der Waals surface area contributed by atoms with Gasteiger partial charge < -0.3 is 9.80 Å². The summed E-state index contributed by atoms with van der Waals surface area (Å²) in [6.45, 7) is 6.48. The molecule has 2 heterocycles. The Bertz CT molecular complexity index is 1230. The summed E-state index contributed by atoms with van der Waals surface area (Å²) >= 11 is 6.92. The fourth-order valence-electron chi connectivity index (χ4n) is 4.67. The van der Waals surface area contributed by atoms with Crippen LogP contribution in [0.1, 0.15) is 48.2 Å². The van der Waals surface area contributed by atoms with Gasteiger partial charge in [-0.3, -0.25) is 24.1 Å². The van der Waals surface area contributed by atoms with Gasteiger partial charge in [0.2, 0.25) is 5.91 Å². The largest absolute Gasteiger partial charge is 0.343 e. The highest BCUT2D eigenvalue weighted by Crippen LogP contribution is 2.33. The van der Waals surface area contributed by atoms with E-state index in [1.54, 1.807) is 53.4 Å². The lowest BCUT2D eigenvalue weighted by molar-refractivity contribution is -0.136. The van der Waals surface area contributed by atoms with Gasteiger partial charge in [-0.15, -0.1) is 0 Å². The topological polar surface area (TPSA) is 78.0 Å². The van der Waals surface area contributed by atoms with Crippen molar-refractivity contribution in [1.29, 1.82) is 0 Å². The van der Waals surface area contributed by atoms with E-state index in [0.717, 1.165) is 35.7 Å². The molecule has 2 fully saturated rings. The molecule has 2 aliphatic heterocycles. The molecule has 2 saturated heterocycles. The van der Waals surface area contributed by atoms with Crippen molar-refractivity contribution in [1.82, 2.24) is 14.7 Å². The van der Waals surface area contributed by atoms with Crippen molar-refractivity contribution in [3.05, 3.63) is 75.1 Å². The first-order valence-electron chi connectivity index (χ1n) is 12.5. The molecule has 1 atom stereocenters. The Balaban J connectivity index is 1.41. The van der Waals surface area contributed by atoms with Crippen molar-refractivity contribution in [2.24, 2.45) is 5.92 Å². The minimum absolute atomic E-state index is 0.106. The lowest BCUT2D eigenvalue weighted by Crippen LogP contribution is -2.46. The number of hydrogen-bond acceptors (Lipinski definition) is 5. The molecule has 37 heavy (non-hydrogen) atoms. The molecule has 0 saturated carbocycles. The lowest BCUT2D eigenvalue weighted by atomic mass is 9.95. The van der Waals surface area contributed by atoms with Crippen molar-refractivity contribution < 1.29 is 19.2 Å². The number of amides is 4. The van der Waals surface area contributed by atoms with E-state index < -0.39 is 0 Å². The molecule has 194 valence electrons. The summed E-state index contributed by atoms with van der Waals surface area (Å²) in [4.78, 5) is 56.4. The number of benzene rings is 2. The molecule has 4 rings (SSSR count). The van der Waals surface area contributed by atoms with Crippen molar-refractivity contribution in [2.75, 3.05) is 26.2 Å². The van der Waals surface area contributed by atoms with E-state index in [1.807, 2.05) is 24.8 Å². The Morgan fingerprint density at radius 1 is 1.11 bits per heavy atom.